The molecular formula is C27H34FN3O4. The zero-order valence-electron chi connectivity index (χ0n) is 20.3. The van der Waals surface area contributed by atoms with Gasteiger partial charge in [-0.25, -0.2) is 4.39 Å². The van der Waals surface area contributed by atoms with Crippen LogP contribution in [0.4, 0.5) is 10.1 Å². The number of rotatable bonds is 12. The van der Waals surface area contributed by atoms with Gasteiger partial charge < -0.3 is 25.8 Å². The third-order valence-corrected chi connectivity index (χ3v) is 6.45. The highest BCUT2D eigenvalue weighted by atomic mass is 19.1. The van der Waals surface area contributed by atoms with Crippen LogP contribution in [0.25, 0.3) is 0 Å². The summed E-state index contributed by atoms with van der Waals surface area (Å²) in [5, 5.41) is 5.61. The summed E-state index contributed by atoms with van der Waals surface area (Å²) in [5.74, 6) is 1.29. The Hall–Kier alpha value is -3.13. The summed E-state index contributed by atoms with van der Waals surface area (Å²) in [6.45, 7) is 4.83. The summed E-state index contributed by atoms with van der Waals surface area (Å²) in [5.41, 5.74) is 7.17. The van der Waals surface area contributed by atoms with Crippen molar-refractivity contribution in [3.8, 4) is 11.5 Å². The first kappa shape index (κ1) is 25.0. The molecule has 4 rings (SSSR count). The maximum atomic E-state index is 13.0. The standard InChI is InChI=1S/C27H34FN3O4/c1-16-9-19(16)15-34-24-11-18(12-25(13-24)35-23-7-8-23)27(33)30-14-21(29)10-17(2)26(32)31-22-5-3-20(28)4-6-22/h3-6,11-13,16-17,19,21,23H,7-10,14-15,29H2,1-2H3,(H,30,33)(H,31,32). The van der Waals surface area contributed by atoms with Gasteiger partial charge in [0.1, 0.15) is 17.3 Å². The number of anilines is 1. The molecule has 2 fully saturated rings. The number of benzene rings is 2. The highest BCUT2D eigenvalue weighted by Gasteiger charge is 2.33. The third kappa shape index (κ3) is 7.68. The normalized spacial score (nSPS) is 20.5. The van der Waals surface area contributed by atoms with Crippen LogP contribution in [0.5, 0.6) is 11.5 Å². The third-order valence-electron chi connectivity index (χ3n) is 6.45. The van der Waals surface area contributed by atoms with Crippen LogP contribution in [-0.2, 0) is 4.79 Å². The van der Waals surface area contributed by atoms with Crippen molar-refractivity contribution in [1.82, 2.24) is 5.32 Å². The Bertz CT molecular complexity index is 1040. The van der Waals surface area contributed by atoms with Crippen molar-refractivity contribution in [3.63, 3.8) is 0 Å². The number of ether oxygens (including phenoxy) is 2. The first-order chi connectivity index (χ1) is 16.8. The molecule has 2 saturated carbocycles. The van der Waals surface area contributed by atoms with E-state index in [9.17, 15) is 14.0 Å². The molecule has 35 heavy (non-hydrogen) atoms. The van der Waals surface area contributed by atoms with Crippen molar-refractivity contribution < 1.29 is 23.5 Å². The monoisotopic (exact) mass is 483 g/mol. The summed E-state index contributed by atoms with van der Waals surface area (Å²) in [6, 6.07) is 10.5. The van der Waals surface area contributed by atoms with Gasteiger partial charge in [0.05, 0.1) is 12.7 Å². The van der Waals surface area contributed by atoms with E-state index in [0.29, 0.717) is 47.6 Å². The number of carbonyl (C=O) groups is 2. The Morgan fingerprint density at radius 1 is 1.14 bits per heavy atom. The topological polar surface area (TPSA) is 103 Å². The Labute approximate surface area is 205 Å². The molecule has 2 aromatic carbocycles. The smallest absolute Gasteiger partial charge is 0.251 e. The second kappa shape index (κ2) is 11.1. The highest BCUT2D eigenvalue weighted by molar-refractivity contribution is 5.95. The van der Waals surface area contributed by atoms with E-state index in [-0.39, 0.29) is 36.2 Å². The maximum Gasteiger partial charge on any atom is 0.251 e. The largest absolute Gasteiger partial charge is 0.493 e. The SMILES string of the molecule is CC(CC(N)CNC(=O)c1cc(OCC2CC2C)cc(OC2CC2)c1)C(=O)Nc1ccc(F)cc1. The Balaban J connectivity index is 1.28. The molecule has 0 spiro atoms. The molecular weight excluding hydrogens is 449 g/mol. The van der Waals surface area contributed by atoms with Crippen LogP contribution in [0.3, 0.4) is 0 Å². The number of nitrogens with one attached hydrogen (secondary N) is 2. The summed E-state index contributed by atoms with van der Waals surface area (Å²) in [7, 11) is 0. The minimum atomic E-state index is -0.411. The van der Waals surface area contributed by atoms with Crippen LogP contribution in [0, 0.1) is 23.6 Å². The second-order valence-corrected chi connectivity index (χ2v) is 9.90. The number of hydrogen-bond donors (Lipinski definition) is 3. The van der Waals surface area contributed by atoms with Crippen molar-refractivity contribution in [3.05, 3.63) is 53.8 Å². The van der Waals surface area contributed by atoms with Gasteiger partial charge in [0, 0.05) is 35.8 Å². The van der Waals surface area contributed by atoms with Gasteiger partial charge in [-0.3, -0.25) is 9.59 Å². The van der Waals surface area contributed by atoms with E-state index in [0.717, 1.165) is 12.8 Å². The van der Waals surface area contributed by atoms with Crippen LogP contribution < -0.4 is 25.8 Å². The van der Waals surface area contributed by atoms with Crippen molar-refractivity contribution in [2.45, 2.75) is 51.7 Å². The minimum absolute atomic E-state index is 0.209. The summed E-state index contributed by atoms with van der Waals surface area (Å²) in [6.07, 6.45) is 3.80. The van der Waals surface area contributed by atoms with Gasteiger partial charge in [-0.1, -0.05) is 13.8 Å². The summed E-state index contributed by atoms with van der Waals surface area (Å²) < 4.78 is 24.9. The molecule has 0 aromatic heterocycles. The summed E-state index contributed by atoms with van der Waals surface area (Å²) in [4.78, 5) is 25.3. The Morgan fingerprint density at radius 3 is 2.49 bits per heavy atom. The van der Waals surface area contributed by atoms with Crippen LogP contribution in [0.1, 0.15) is 49.9 Å². The fraction of sp³-hybridized carbons (Fsp3) is 0.481. The van der Waals surface area contributed by atoms with Gasteiger partial charge in [-0.05, 0) is 73.9 Å². The van der Waals surface area contributed by atoms with E-state index >= 15 is 0 Å². The number of amides is 2. The second-order valence-electron chi connectivity index (χ2n) is 9.90. The lowest BCUT2D eigenvalue weighted by Crippen LogP contribution is -2.39. The molecule has 2 aromatic rings. The van der Waals surface area contributed by atoms with Crippen LogP contribution >= 0.6 is 0 Å². The zero-order valence-corrected chi connectivity index (χ0v) is 20.3. The minimum Gasteiger partial charge on any atom is -0.493 e. The van der Waals surface area contributed by atoms with Crippen LogP contribution in [0.15, 0.2) is 42.5 Å². The predicted molar refractivity (Wildman–Crippen MR) is 132 cm³/mol. The van der Waals surface area contributed by atoms with E-state index < -0.39 is 6.04 Å². The molecule has 4 unspecified atom stereocenters. The lowest BCUT2D eigenvalue weighted by Gasteiger charge is -2.18. The lowest BCUT2D eigenvalue weighted by atomic mass is 10.0. The number of halogens is 1. The first-order valence-corrected chi connectivity index (χ1v) is 12.3. The molecule has 2 amide bonds. The average Bonchev–Trinajstić information content (AvgIpc) is 3.76. The molecule has 4 atom stereocenters. The fourth-order valence-corrected chi connectivity index (χ4v) is 3.84. The summed E-state index contributed by atoms with van der Waals surface area (Å²) >= 11 is 0. The molecule has 0 heterocycles. The van der Waals surface area contributed by atoms with Gasteiger partial charge in [-0.2, -0.15) is 0 Å². The van der Waals surface area contributed by atoms with E-state index in [1.54, 1.807) is 19.1 Å². The molecule has 8 heteroatoms. The zero-order chi connectivity index (χ0) is 24.9. The first-order valence-electron chi connectivity index (χ1n) is 12.3. The molecule has 2 aliphatic rings. The van der Waals surface area contributed by atoms with E-state index in [1.807, 2.05) is 6.07 Å². The molecule has 188 valence electrons. The predicted octanol–water partition coefficient (Wildman–Crippen LogP) is 4.12. The quantitative estimate of drug-likeness (QED) is 0.421. The van der Waals surface area contributed by atoms with Gasteiger partial charge >= 0.3 is 0 Å². The Morgan fingerprint density at radius 2 is 1.83 bits per heavy atom. The molecule has 2 aliphatic carbocycles. The van der Waals surface area contributed by atoms with Crippen LogP contribution in [0.2, 0.25) is 0 Å². The van der Waals surface area contributed by atoms with Crippen molar-refractivity contribution >= 4 is 17.5 Å². The van der Waals surface area contributed by atoms with E-state index in [1.165, 1.54) is 30.7 Å². The lowest BCUT2D eigenvalue weighted by molar-refractivity contribution is -0.119. The number of carbonyl (C=O) groups excluding carboxylic acids is 2. The highest BCUT2D eigenvalue weighted by Crippen LogP contribution is 2.38. The molecule has 0 saturated heterocycles. The fourth-order valence-electron chi connectivity index (χ4n) is 3.84. The molecule has 0 bridgehead atoms. The molecule has 0 radical (unpaired) electrons. The van der Waals surface area contributed by atoms with Gasteiger partial charge in [0.25, 0.3) is 5.91 Å². The average molecular weight is 484 g/mol. The van der Waals surface area contributed by atoms with Crippen LogP contribution in [-0.4, -0.2) is 37.1 Å². The van der Waals surface area contributed by atoms with Crippen molar-refractivity contribution in [2.24, 2.45) is 23.5 Å². The molecule has 4 N–H and O–H groups in total. The van der Waals surface area contributed by atoms with Crippen molar-refractivity contribution in [1.29, 1.82) is 0 Å². The molecule has 0 aliphatic heterocycles. The molecule has 7 nitrogen and oxygen atoms in total. The van der Waals surface area contributed by atoms with E-state index in [4.69, 9.17) is 15.2 Å². The number of hydrogen-bond acceptors (Lipinski definition) is 5. The van der Waals surface area contributed by atoms with Gasteiger partial charge in [-0.15, -0.1) is 0 Å². The number of nitrogens with two attached hydrogens (primary N) is 1. The Kier molecular flexibility index (Phi) is 7.90. The van der Waals surface area contributed by atoms with Gasteiger partial charge in [0.15, 0.2) is 0 Å². The maximum absolute atomic E-state index is 13.0. The van der Waals surface area contributed by atoms with Crippen molar-refractivity contribution in [2.75, 3.05) is 18.5 Å². The van der Waals surface area contributed by atoms with Gasteiger partial charge in [0.2, 0.25) is 5.91 Å². The van der Waals surface area contributed by atoms with E-state index in [2.05, 4.69) is 17.6 Å².